The Kier molecular flexibility index (Phi) is 9.84. The molecule has 3 aliphatic rings. The molecule has 0 saturated carbocycles. The fraction of sp³-hybridized carbons (Fsp3) is 0.529. The number of amides is 1. The normalized spacial score (nSPS) is 20.9. The number of fused-ring (bicyclic) bond motifs is 1. The number of benzene rings is 2. The average Bonchev–Trinajstić information content (AvgIpc) is 3.73. The zero-order valence-electron chi connectivity index (χ0n) is 24.2. The summed E-state index contributed by atoms with van der Waals surface area (Å²) in [6, 6.07) is 17.5. The lowest BCUT2D eigenvalue weighted by Gasteiger charge is -2.36. The largest absolute Gasteiger partial charge is 0.395 e. The molecule has 3 aliphatic heterocycles. The molecular weight excluding hydrogens is 498 g/mol. The minimum Gasteiger partial charge on any atom is -0.395 e. The van der Waals surface area contributed by atoms with Crippen molar-refractivity contribution < 1.29 is 14.6 Å². The molecule has 1 amide bonds. The number of aryl methyl sites for hydroxylation is 1. The first-order chi connectivity index (χ1) is 19.5. The Bertz CT molecular complexity index is 1240. The Morgan fingerprint density at radius 3 is 2.42 bits per heavy atom. The van der Waals surface area contributed by atoms with Crippen LogP contribution in [-0.4, -0.2) is 77.8 Å². The zero-order chi connectivity index (χ0) is 27.9. The second-order valence-electron chi connectivity index (χ2n) is 11.7. The van der Waals surface area contributed by atoms with Gasteiger partial charge >= 0.3 is 0 Å². The van der Waals surface area contributed by atoms with Crippen LogP contribution in [0, 0.1) is 12.8 Å². The van der Waals surface area contributed by atoms with E-state index in [0.29, 0.717) is 18.4 Å². The predicted octanol–water partition coefficient (Wildman–Crippen LogP) is 5.81. The minimum atomic E-state index is -0.190. The molecule has 0 bridgehead atoms. The lowest BCUT2D eigenvalue weighted by Crippen LogP contribution is -2.44. The summed E-state index contributed by atoms with van der Waals surface area (Å²) in [6.45, 7) is 10.5. The summed E-state index contributed by atoms with van der Waals surface area (Å²) in [5.74, 6) is 1.31. The van der Waals surface area contributed by atoms with Crippen molar-refractivity contribution in [2.75, 3.05) is 45.9 Å². The Morgan fingerprint density at radius 2 is 1.75 bits per heavy atom. The fourth-order valence-corrected chi connectivity index (χ4v) is 6.59. The number of likely N-dealkylation sites (tertiary alicyclic amines) is 2. The third kappa shape index (κ3) is 6.73. The van der Waals surface area contributed by atoms with Crippen molar-refractivity contribution in [3.63, 3.8) is 0 Å². The molecule has 214 valence electrons. The number of aromatic nitrogens is 1. The van der Waals surface area contributed by atoms with Crippen molar-refractivity contribution in [1.29, 1.82) is 0 Å². The van der Waals surface area contributed by atoms with Crippen LogP contribution in [0.1, 0.15) is 62.5 Å². The summed E-state index contributed by atoms with van der Waals surface area (Å²) < 4.78 is 5.60. The number of carbonyl (C=O) groups excluding carboxylic acids is 1. The lowest BCUT2D eigenvalue weighted by atomic mass is 9.81. The van der Waals surface area contributed by atoms with Gasteiger partial charge < -0.3 is 19.6 Å². The Morgan fingerprint density at radius 1 is 1.00 bits per heavy atom. The molecule has 2 atom stereocenters. The van der Waals surface area contributed by atoms with Crippen LogP contribution < -0.4 is 0 Å². The number of ether oxygens (including phenoxy) is 1. The van der Waals surface area contributed by atoms with Crippen LogP contribution in [0.5, 0.6) is 0 Å². The van der Waals surface area contributed by atoms with Crippen molar-refractivity contribution in [3.8, 4) is 11.1 Å². The number of nitrogens with zero attached hydrogens (tertiary/aromatic N) is 3. The van der Waals surface area contributed by atoms with E-state index in [2.05, 4.69) is 66.2 Å². The van der Waals surface area contributed by atoms with Gasteiger partial charge in [-0.1, -0.05) is 49.4 Å². The SMILES string of the molecule is Cc1c(-c2ccc(C(C)C3CCN(C(=O)[C@H]4CCCO4)CC3)cc2)ccc2cccnc12.OCCN1CCCC1. The Balaban J connectivity index is 0.000000348. The summed E-state index contributed by atoms with van der Waals surface area (Å²) in [6.07, 6.45) is 8.34. The van der Waals surface area contributed by atoms with E-state index < -0.39 is 0 Å². The van der Waals surface area contributed by atoms with Gasteiger partial charge in [0.2, 0.25) is 0 Å². The molecule has 2 aromatic carbocycles. The highest BCUT2D eigenvalue weighted by Gasteiger charge is 2.32. The van der Waals surface area contributed by atoms with Gasteiger partial charge in [-0.15, -0.1) is 0 Å². The minimum absolute atomic E-state index is 0.190. The molecule has 3 aromatic rings. The van der Waals surface area contributed by atoms with Gasteiger partial charge in [0.05, 0.1) is 12.1 Å². The second-order valence-corrected chi connectivity index (χ2v) is 11.7. The summed E-state index contributed by atoms with van der Waals surface area (Å²) in [5, 5.41) is 9.67. The monoisotopic (exact) mass is 543 g/mol. The molecule has 0 spiro atoms. The first kappa shape index (κ1) is 28.7. The zero-order valence-corrected chi connectivity index (χ0v) is 24.2. The van der Waals surface area contributed by atoms with E-state index in [9.17, 15) is 4.79 Å². The van der Waals surface area contributed by atoms with Gasteiger partial charge in [-0.3, -0.25) is 9.78 Å². The van der Waals surface area contributed by atoms with Crippen LogP contribution in [0.25, 0.3) is 22.0 Å². The molecule has 6 heteroatoms. The molecule has 1 unspecified atom stereocenters. The van der Waals surface area contributed by atoms with E-state index in [1.165, 1.54) is 53.6 Å². The fourth-order valence-electron chi connectivity index (χ4n) is 6.59. The molecule has 6 nitrogen and oxygen atoms in total. The third-order valence-corrected chi connectivity index (χ3v) is 9.15. The molecule has 3 fully saturated rings. The number of carbonyl (C=O) groups is 1. The quantitative estimate of drug-likeness (QED) is 0.425. The Labute approximate surface area is 239 Å². The van der Waals surface area contributed by atoms with Crippen LogP contribution in [0.15, 0.2) is 54.7 Å². The van der Waals surface area contributed by atoms with Gasteiger partial charge in [0.15, 0.2) is 0 Å². The van der Waals surface area contributed by atoms with Crippen molar-refractivity contribution in [2.45, 2.75) is 64.4 Å². The van der Waals surface area contributed by atoms with E-state index >= 15 is 0 Å². The molecule has 6 rings (SSSR count). The average molecular weight is 544 g/mol. The summed E-state index contributed by atoms with van der Waals surface area (Å²) in [5.41, 5.74) is 6.17. The summed E-state index contributed by atoms with van der Waals surface area (Å²) >= 11 is 0. The Hall–Kier alpha value is -2.80. The standard InChI is InChI=1S/C28H32N2O2.C6H13NO/c1-19(22-13-16-30(17-14-22)28(31)26-6-4-18-32-26)21-7-9-23(10-8-21)25-12-11-24-5-3-15-29-27(24)20(25)2;8-6-5-7-3-1-2-4-7/h3,5,7-12,15,19,22,26H,4,6,13-14,16-18H2,1-2H3;8H,1-6H2/t19?,26-;/m1./s1. The van der Waals surface area contributed by atoms with Gasteiger partial charge in [-0.25, -0.2) is 0 Å². The summed E-state index contributed by atoms with van der Waals surface area (Å²) in [7, 11) is 0. The topological polar surface area (TPSA) is 65.9 Å². The van der Waals surface area contributed by atoms with Crippen LogP contribution in [0.4, 0.5) is 0 Å². The molecule has 3 saturated heterocycles. The van der Waals surface area contributed by atoms with E-state index in [-0.39, 0.29) is 12.0 Å². The molecule has 0 aliphatic carbocycles. The van der Waals surface area contributed by atoms with E-state index in [1.807, 2.05) is 17.2 Å². The number of aliphatic hydroxyl groups is 1. The first-order valence-electron chi connectivity index (χ1n) is 15.2. The van der Waals surface area contributed by atoms with Gasteiger partial charge in [0.25, 0.3) is 5.91 Å². The van der Waals surface area contributed by atoms with E-state index in [4.69, 9.17) is 9.84 Å². The van der Waals surface area contributed by atoms with Gasteiger partial charge in [0, 0.05) is 37.8 Å². The maximum Gasteiger partial charge on any atom is 0.251 e. The van der Waals surface area contributed by atoms with Crippen LogP contribution in [0.3, 0.4) is 0 Å². The highest BCUT2D eigenvalue weighted by atomic mass is 16.5. The van der Waals surface area contributed by atoms with Crippen molar-refractivity contribution in [3.05, 3.63) is 65.9 Å². The number of hydrogen-bond donors (Lipinski definition) is 1. The second kappa shape index (κ2) is 13.7. The maximum atomic E-state index is 12.6. The summed E-state index contributed by atoms with van der Waals surface area (Å²) in [4.78, 5) is 21.5. The number of piperidine rings is 1. The molecule has 4 heterocycles. The number of pyridine rings is 1. The van der Waals surface area contributed by atoms with Gasteiger partial charge in [-0.2, -0.15) is 0 Å². The highest BCUT2D eigenvalue weighted by Crippen LogP contribution is 2.35. The van der Waals surface area contributed by atoms with Gasteiger partial charge in [-0.05, 0) is 98.7 Å². The van der Waals surface area contributed by atoms with Crippen molar-refractivity contribution >= 4 is 16.8 Å². The van der Waals surface area contributed by atoms with Crippen molar-refractivity contribution in [2.24, 2.45) is 5.92 Å². The van der Waals surface area contributed by atoms with Gasteiger partial charge in [0.1, 0.15) is 6.10 Å². The number of rotatable bonds is 6. The maximum absolute atomic E-state index is 12.6. The number of β-amino-alcohol motifs (C(OH)–C–C–N with tert-alkyl or cyclic N) is 1. The lowest BCUT2D eigenvalue weighted by molar-refractivity contribution is -0.142. The molecule has 1 aromatic heterocycles. The van der Waals surface area contributed by atoms with Crippen molar-refractivity contribution in [1.82, 2.24) is 14.8 Å². The third-order valence-electron chi connectivity index (χ3n) is 9.15. The van der Waals surface area contributed by atoms with Crippen LogP contribution in [-0.2, 0) is 9.53 Å². The number of aliphatic hydroxyl groups excluding tert-OH is 1. The molecular formula is C34H45N3O3. The smallest absolute Gasteiger partial charge is 0.251 e. The molecule has 40 heavy (non-hydrogen) atoms. The van der Waals surface area contributed by atoms with Crippen LogP contribution in [0.2, 0.25) is 0 Å². The van der Waals surface area contributed by atoms with Crippen LogP contribution >= 0.6 is 0 Å². The van der Waals surface area contributed by atoms with E-state index in [0.717, 1.165) is 57.4 Å². The predicted molar refractivity (Wildman–Crippen MR) is 161 cm³/mol. The molecule has 1 N–H and O–H groups in total. The highest BCUT2D eigenvalue weighted by molar-refractivity contribution is 5.88. The van der Waals surface area contributed by atoms with E-state index in [1.54, 1.807) is 0 Å². The first-order valence-corrected chi connectivity index (χ1v) is 15.2. The molecule has 0 radical (unpaired) electrons. The number of hydrogen-bond acceptors (Lipinski definition) is 5.